The Hall–Kier alpha value is -5.71. The molecule has 0 amide bonds. The molecule has 2 aromatic heterocycles. The molecule has 9 rings (SSSR count). The average Bonchev–Trinajstić information content (AvgIpc) is 3.49. The molecule has 0 aliphatic heterocycles. The van der Waals surface area contributed by atoms with Gasteiger partial charge in [0.2, 0.25) is 0 Å². The minimum atomic E-state index is 0.659. The summed E-state index contributed by atoms with van der Waals surface area (Å²) in [7, 11) is 0. The standard InChI is InChI=1S/C41H25N3S/c1-3-13-27(14-4-1)39-42-40(28-15-5-2-6-16-28)44-41(43-39)33-19-10-9-18-31(33)32-20-11-21-36-38(32)35-25-34-29(24-37(35)45-36)23-22-26-12-7-8-17-30(26)34/h1-25H. The number of benzene rings is 7. The second-order valence-corrected chi connectivity index (χ2v) is 12.3. The zero-order valence-electron chi connectivity index (χ0n) is 24.2. The molecule has 45 heavy (non-hydrogen) atoms. The van der Waals surface area contributed by atoms with Crippen molar-refractivity contribution in [1.29, 1.82) is 0 Å². The van der Waals surface area contributed by atoms with Gasteiger partial charge in [0.1, 0.15) is 0 Å². The quantitative estimate of drug-likeness (QED) is 0.191. The van der Waals surface area contributed by atoms with Crippen molar-refractivity contribution < 1.29 is 0 Å². The van der Waals surface area contributed by atoms with Crippen LogP contribution >= 0.6 is 11.3 Å². The molecule has 0 aliphatic rings. The van der Waals surface area contributed by atoms with E-state index in [2.05, 4.69) is 91.0 Å². The molecule has 0 atom stereocenters. The van der Waals surface area contributed by atoms with Gasteiger partial charge in [-0.2, -0.15) is 0 Å². The first-order chi connectivity index (χ1) is 22.3. The number of rotatable bonds is 4. The molecule has 0 aliphatic carbocycles. The zero-order chi connectivity index (χ0) is 29.7. The molecule has 0 fully saturated rings. The summed E-state index contributed by atoms with van der Waals surface area (Å²) in [4.78, 5) is 15.1. The Labute approximate surface area is 264 Å². The summed E-state index contributed by atoms with van der Waals surface area (Å²) in [6, 6.07) is 53.3. The Morgan fingerprint density at radius 2 is 0.956 bits per heavy atom. The van der Waals surface area contributed by atoms with Gasteiger partial charge in [0.05, 0.1) is 0 Å². The molecule has 9 aromatic rings. The highest BCUT2D eigenvalue weighted by Crippen LogP contribution is 2.44. The van der Waals surface area contributed by atoms with E-state index in [0.29, 0.717) is 17.5 Å². The largest absolute Gasteiger partial charge is 0.208 e. The number of thiophene rings is 1. The predicted octanol–water partition coefficient (Wildman–Crippen LogP) is 11.2. The van der Waals surface area contributed by atoms with Crippen LogP contribution in [-0.4, -0.2) is 15.0 Å². The van der Waals surface area contributed by atoms with E-state index < -0.39 is 0 Å². The van der Waals surface area contributed by atoms with E-state index >= 15 is 0 Å². The highest BCUT2D eigenvalue weighted by molar-refractivity contribution is 7.26. The van der Waals surface area contributed by atoms with Gasteiger partial charge in [-0.3, -0.25) is 0 Å². The molecule has 4 heteroatoms. The maximum Gasteiger partial charge on any atom is 0.164 e. The second-order valence-electron chi connectivity index (χ2n) is 11.2. The van der Waals surface area contributed by atoms with Gasteiger partial charge in [-0.1, -0.05) is 133 Å². The van der Waals surface area contributed by atoms with E-state index in [1.54, 1.807) is 0 Å². The molecular formula is C41H25N3S. The highest BCUT2D eigenvalue weighted by Gasteiger charge is 2.18. The van der Waals surface area contributed by atoms with Gasteiger partial charge >= 0.3 is 0 Å². The van der Waals surface area contributed by atoms with Crippen molar-refractivity contribution in [3.63, 3.8) is 0 Å². The molecule has 7 aromatic carbocycles. The topological polar surface area (TPSA) is 38.7 Å². The van der Waals surface area contributed by atoms with Crippen LogP contribution in [0.3, 0.4) is 0 Å². The van der Waals surface area contributed by atoms with Crippen molar-refractivity contribution in [2.45, 2.75) is 0 Å². The van der Waals surface area contributed by atoms with Gasteiger partial charge in [0.15, 0.2) is 17.5 Å². The van der Waals surface area contributed by atoms with Crippen molar-refractivity contribution in [1.82, 2.24) is 15.0 Å². The van der Waals surface area contributed by atoms with E-state index in [1.165, 1.54) is 47.3 Å². The number of nitrogens with zero attached hydrogens (tertiary/aromatic N) is 3. The van der Waals surface area contributed by atoms with Gasteiger partial charge in [-0.05, 0) is 50.9 Å². The van der Waals surface area contributed by atoms with Gasteiger partial charge in [0, 0.05) is 36.9 Å². The average molecular weight is 592 g/mol. The number of fused-ring (bicyclic) bond motifs is 6. The summed E-state index contributed by atoms with van der Waals surface area (Å²) in [5, 5.41) is 7.62. The Bertz CT molecular complexity index is 2480. The molecule has 0 saturated heterocycles. The van der Waals surface area contributed by atoms with Crippen molar-refractivity contribution in [3.05, 3.63) is 152 Å². The first kappa shape index (κ1) is 25.8. The summed E-state index contributed by atoms with van der Waals surface area (Å²) < 4.78 is 2.55. The number of hydrogen-bond donors (Lipinski definition) is 0. The summed E-state index contributed by atoms with van der Waals surface area (Å²) in [5.74, 6) is 1.98. The van der Waals surface area contributed by atoms with Crippen LogP contribution in [-0.2, 0) is 0 Å². The van der Waals surface area contributed by atoms with Crippen molar-refractivity contribution in [3.8, 4) is 45.3 Å². The molecule has 2 heterocycles. The Balaban J connectivity index is 1.30. The zero-order valence-corrected chi connectivity index (χ0v) is 25.0. The first-order valence-electron chi connectivity index (χ1n) is 15.0. The first-order valence-corrected chi connectivity index (χ1v) is 15.9. The second kappa shape index (κ2) is 10.5. The predicted molar refractivity (Wildman–Crippen MR) is 189 cm³/mol. The van der Waals surface area contributed by atoms with Crippen LogP contribution in [0.4, 0.5) is 0 Å². The Morgan fingerprint density at radius 1 is 0.356 bits per heavy atom. The fraction of sp³-hybridized carbons (Fsp3) is 0. The van der Waals surface area contributed by atoms with Gasteiger partial charge < -0.3 is 0 Å². The normalized spacial score (nSPS) is 11.6. The van der Waals surface area contributed by atoms with Crippen LogP contribution < -0.4 is 0 Å². The lowest BCUT2D eigenvalue weighted by molar-refractivity contribution is 1.07. The maximum absolute atomic E-state index is 5.07. The fourth-order valence-electron chi connectivity index (χ4n) is 6.39. The number of aromatic nitrogens is 3. The van der Waals surface area contributed by atoms with E-state index in [4.69, 9.17) is 15.0 Å². The van der Waals surface area contributed by atoms with E-state index in [0.717, 1.165) is 22.3 Å². The lowest BCUT2D eigenvalue weighted by atomic mass is 9.93. The molecule has 0 radical (unpaired) electrons. The molecule has 3 nitrogen and oxygen atoms in total. The van der Waals surface area contributed by atoms with Crippen LogP contribution in [0.15, 0.2) is 152 Å². The monoisotopic (exact) mass is 591 g/mol. The molecule has 0 N–H and O–H groups in total. The molecule has 210 valence electrons. The minimum Gasteiger partial charge on any atom is -0.208 e. The third-order valence-electron chi connectivity index (χ3n) is 8.52. The van der Waals surface area contributed by atoms with Gasteiger partial charge in [0.25, 0.3) is 0 Å². The number of hydrogen-bond acceptors (Lipinski definition) is 4. The third kappa shape index (κ3) is 4.38. The minimum absolute atomic E-state index is 0.659. The molecule has 0 bridgehead atoms. The van der Waals surface area contributed by atoms with Crippen LogP contribution in [0.5, 0.6) is 0 Å². The highest BCUT2D eigenvalue weighted by atomic mass is 32.1. The van der Waals surface area contributed by atoms with Crippen molar-refractivity contribution >= 4 is 53.1 Å². The van der Waals surface area contributed by atoms with Crippen LogP contribution in [0, 0.1) is 0 Å². The lowest BCUT2D eigenvalue weighted by Crippen LogP contribution is -2.01. The van der Waals surface area contributed by atoms with Crippen molar-refractivity contribution in [2.24, 2.45) is 0 Å². The summed E-state index contributed by atoms with van der Waals surface area (Å²) in [5.41, 5.74) is 5.18. The van der Waals surface area contributed by atoms with E-state index in [9.17, 15) is 0 Å². The molecular weight excluding hydrogens is 567 g/mol. The molecule has 0 saturated carbocycles. The maximum atomic E-state index is 5.07. The van der Waals surface area contributed by atoms with Gasteiger partial charge in [-0.15, -0.1) is 11.3 Å². The Kier molecular flexibility index (Phi) is 6.00. The van der Waals surface area contributed by atoms with Crippen LogP contribution in [0.2, 0.25) is 0 Å². The molecule has 0 unspecified atom stereocenters. The summed E-state index contributed by atoms with van der Waals surface area (Å²) in [6.07, 6.45) is 0. The SMILES string of the molecule is c1ccc(-c2nc(-c3ccccc3)nc(-c3ccccc3-c3cccc4sc5cc6ccc7ccccc7c6cc5c34)n2)cc1. The van der Waals surface area contributed by atoms with Crippen LogP contribution in [0.1, 0.15) is 0 Å². The Morgan fingerprint density at radius 3 is 1.71 bits per heavy atom. The lowest BCUT2D eigenvalue weighted by Gasteiger charge is -2.13. The summed E-state index contributed by atoms with van der Waals surface area (Å²) in [6.45, 7) is 0. The third-order valence-corrected chi connectivity index (χ3v) is 9.64. The van der Waals surface area contributed by atoms with Crippen molar-refractivity contribution in [2.75, 3.05) is 0 Å². The summed E-state index contributed by atoms with van der Waals surface area (Å²) >= 11 is 1.85. The van der Waals surface area contributed by atoms with E-state index in [1.807, 2.05) is 72.0 Å². The van der Waals surface area contributed by atoms with Crippen LogP contribution in [0.25, 0.3) is 87.0 Å². The fourth-order valence-corrected chi connectivity index (χ4v) is 7.55. The van der Waals surface area contributed by atoms with E-state index in [-0.39, 0.29) is 0 Å². The molecule has 0 spiro atoms. The van der Waals surface area contributed by atoms with Gasteiger partial charge in [-0.25, -0.2) is 15.0 Å². The smallest absolute Gasteiger partial charge is 0.164 e.